The molecular formula is C19H19NO4S. The number of fused-ring (bicyclic) bond motifs is 1. The van der Waals surface area contributed by atoms with E-state index in [4.69, 9.17) is 30.6 Å². The lowest BCUT2D eigenvalue weighted by atomic mass is 10.1. The van der Waals surface area contributed by atoms with Crippen LogP contribution in [0.3, 0.4) is 0 Å². The molecular weight excluding hydrogens is 338 g/mol. The molecule has 25 heavy (non-hydrogen) atoms. The van der Waals surface area contributed by atoms with E-state index < -0.39 is 0 Å². The van der Waals surface area contributed by atoms with Gasteiger partial charge in [-0.05, 0) is 50.2 Å². The zero-order chi connectivity index (χ0) is 17.4. The lowest BCUT2D eigenvalue weighted by Gasteiger charge is -2.08. The Bertz CT molecular complexity index is 969. The molecule has 3 heterocycles. The first-order valence-corrected chi connectivity index (χ1v) is 8.73. The number of hydrogen-bond donors (Lipinski definition) is 0. The first-order valence-electron chi connectivity index (χ1n) is 8.32. The fraction of sp³-hybridized carbons (Fsp3) is 0.368. The minimum atomic E-state index is 0.317. The maximum absolute atomic E-state index is 5.83. The van der Waals surface area contributed by atoms with Crippen molar-refractivity contribution in [3.05, 3.63) is 51.6 Å². The number of benzene rings is 1. The third-order valence-corrected chi connectivity index (χ3v) is 5.12. The van der Waals surface area contributed by atoms with Gasteiger partial charge >= 0.3 is 0 Å². The number of aromatic nitrogens is 1. The molecule has 0 bridgehead atoms. The highest BCUT2D eigenvalue weighted by molar-refractivity contribution is 7.71. The summed E-state index contributed by atoms with van der Waals surface area (Å²) < 4.78 is 22.8. The van der Waals surface area contributed by atoms with Crippen LogP contribution in [-0.4, -0.2) is 18.4 Å². The van der Waals surface area contributed by atoms with Crippen LogP contribution in [-0.2, 0) is 11.3 Å². The normalized spacial score (nSPS) is 17.3. The van der Waals surface area contributed by atoms with Crippen LogP contribution in [0.4, 0.5) is 0 Å². The van der Waals surface area contributed by atoms with Crippen LogP contribution in [0, 0.1) is 18.6 Å². The fourth-order valence-electron chi connectivity index (χ4n) is 3.03. The van der Waals surface area contributed by atoms with Gasteiger partial charge in [-0.1, -0.05) is 5.16 Å². The number of hydrogen-bond acceptors (Lipinski definition) is 6. The largest absolute Gasteiger partial charge is 0.485 e. The van der Waals surface area contributed by atoms with E-state index in [0.717, 1.165) is 40.8 Å². The highest BCUT2D eigenvalue weighted by Gasteiger charge is 2.21. The molecule has 0 N–H and O–H groups in total. The molecule has 1 unspecified atom stereocenters. The van der Waals surface area contributed by atoms with Gasteiger partial charge in [-0.15, -0.1) is 0 Å². The van der Waals surface area contributed by atoms with Crippen molar-refractivity contribution in [1.29, 1.82) is 0 Å². The van der Waals surface area contributed by atoms with Crippen LogP contribution < -0.4 is 4.74 Å². The maximum Gasteiger partial charge on any atom is 0.193 e. The minimum absolute atomic E-state index is 0.317. The van der Waals surface area contributed by atoms with E-state index in [1.165, 1.54) is 0 Å². The molecule has 0 radical (unpaired) electrons. The number of rotatable bonds is 4. The van der Waals surface area contributed by atoms with Crippen molar-refractivity contribution in [3.8, 4) is 5.75 Å². The molecule has 1 atom stereocenters. The molecule has 4 rings (SSSR count). The standard InChI is InChI=1S/C19H19NO4S/c1-11-12(2)19(25)23-18-8-14(3-4-16(11)18)22-10-15-7-17(20-24-15)13-5-6-21-9-13/h3-4,7-8,13H,5-6,9-10H2,1-2H3. The second-order valence-electron chi connectivity index (χ2n) is 6.36. The fourth-order valence-corrected chi connectivity index (χ4v) is 3.27. The number of ether oxygens (including phenoxy) is 2. The van der Waals surface area contributed by atoms with E-state index >= 15 is 0 Å². The van der Waals surface area contributed by atoms with E-state index in [2.05, 4.69) is 5.16 Å². The summed E-state index contributed by atoms with van der Waals surface area (Å²) in [4.78, 5) is 0. The van der Waals surface area contributed by atoms with Crippen LogP contribution in [0.15, 0.2) is 33.2 Å². The maximum atomic E-state index is 5.83. The van der Waals surface area contributed by atoms with Gasteiger partial charge in [0.1, 0.15) is 17.9 Å². The van der Waals surface area contributed by atoms with Crippen molar-refractivity contribution in [2.75, 3.05) is 13.2 Å². The zero-order valence-electron chi connectivity index (χ0n) is 14.2. The smallest absolute Gasteiger partial charge is 0.193 e. The lowest BCUT2D eigenvalue weighted by Crippen LogP contribution is -1.97. The molecule has 0 saturated carbocycles. The zero-order valence-corrected chi connectivity index (χ0v) is 15.0. The highest BCUT2D eigenvalue weighted by Crippen LogP contribution is 2.28. The van der Waals surface area contributed by atoms with E-state index in [-0.39, 0.29) is 0 Å². The average molecular weight is 357 g/mol. The van der Waals surface area contributed by atoms with Crippen molar-refractivity contribution in [3.63, 3.8) is 0 Å². The Balaban J connectivity index is 1.51. The molecule has 5 nitrogen and oxygen atoms in total. The molecule has 1 aromatic carbocycles. The third kappa shape index (κ3) is 3.19. The van der Waals surface area contributed by atoms with E-state index in [1.54, 1.807) is 0 Å². The summed E-state index contributed by atoms with van der Waals surface area (Å²) in [5.74, 6) is 1.73. The first kappa shape index (κ1) is 16.3. The predicted molar refractivity (Wildman–Crippen MR) is 95.5 cm³/mol. The van der Waals surface area contributed by atoms with E-state index in [1.807, 2.05) is 38.1 Å². The molecule has 0 aliphatic carbocycles. The van der Waals surface area contributed by atoms with E-state index in [0.29, 0.717) is 35.3 Å². The SMILES string of the molecule is Cc1c(C)c2ccc(OCc3cc(C4CCOC4)no3)cc2oc1=S. The number of aryl methyl sites for hydroxylation is 1. The van der Waals surface area contributed by atoms with Crippen molar-refractivity contribution in [1.82, 2.24) is 5.16 Å². The topological polar surface area (TPSA) is 57.6 Å². The van der Waals surface area contributed by atoms with Gasteiger partial charge in [0, 0.05) is 35.6 Å². The van der Waals surface area contributed by atoms with Gasteiger partial charge in [-0.25, -0.2) is 0 Å². The van der Waals surface area contributed by atoms with Gasteiger partial charge in [0.15, 0.2) is 10.5 Å². The summed E-state index contributed by atoms with van der Waals surface area (Å²) in [5, 5.41) is 5.17. The van der Waals surface area contributed by atoms with Crippen LogP contribution in [0.2, 0.25) is 0 Å². The molecule has 3 aromatic rings. The molecule has 130 valence electrons. The molecule has 0 spiro atoms. The summed E-state index contributed by atoms with van der Waals surface area (Å²) in [6.07, 6.45) is 0.987. The van der Waals surface area contributed by atoms with Crippen molar-refractivity contribution in [2.45, 2.75) is 32.8 Å². The van der Waals surface area contributed by atoms with E-state index in [9.17, 15) is 0 Å². The van der Waals surface area contributed by atoms with Gasteiger partial charge in [-0.3, -0.25) is 0 Å². The first-order chi connectivity index (χ1) is 12.1. The second-order valence-corrected chi connectivity index (χ2v) is 6.74. The van der Waals surface area contributed by atoms with Gasteiger partial charge in [0.25, 0.3) is 0 Å². The van der Waals surface area contributed by atoms with Crippen LogP contribution >= 0.6 is 12.2 Å². The van der Waals surface area contributed by atoms with Crippen LogP contribution in [0.1, 0.15) is 34.9 Å². The quantitative estimate of drug-likeness (QED) is 0.622. The molecule has 2 aromatic heterocycles. The highest BCUT2D eigenvalue weighted by atomic mass is 32.1. The molecule has 1 saturated heterocycles. The Labute approximate surface area is 150 Å². The van der Waals surface area contributed by atoms with Gasteiger partial charge in [-0.2, -0.15) is 0 Å². The summed E-state index contributed by atoms with van der Waals surface area (Å²) in [6.45, 7) is 5.83. The van der Waals surface area contributed by atoms with Crippen molar-refractivity contribution >= 4 is 23.2 Å². The summed E-state index contributed by atoms with van der Waals surface area (Å²) in [6, 6.07) is 7.72. The Morgan fingerprint density at radius 3 is 2.92 bits per heavy atom. The van der Waals surface area contributed by atoms with Gasteiger partial charge in [0.2, 0.25) is 0 Å². The Morgan fingerprint density at radius 2 is 2.12 bits per heavy atom. The van der Waals surface area contributed by atoms with Crippen LogP contribution in [0.25, 0.3) is 11.0 Å². The lowest BCUT2D eigenvalue weighted by molar-refractivity contribution is 0.193. The monoisotopic (exact) mass is 357 g/mol. The molecule has 1 fully saturated rings. The Hall–Kier alpha value is -2.18. The summed E-state index contributed by atoms with van der Waals surface area (Å²) >= 11 is 5.27. The minimum Gasteiger partial charge on any atom is -0.485 e. The predicted octanol–water partition coefficient (Wildman–Crippen LogP) is 4.85. The Kier molecular flexibility index (Phi) is 4.31. The number of nitrogens with zero attached hydrogens (tertiary/aromatic N) is 1. The summed E-state index contributed by atoms with van der Waals surface area (Å²) in [5.41, 5.74) is 3.80. The summed E-state index contributed by atoms with van der Waals surface area (Å²) in [7, 11) is 0. The molecule has 1 aliphatic rings. The van der Waals surface area contributed by atoms with Crippen LogP contribution in [0.5, 0.6) is 5.75 Å². The third-order valence-electron chi connectivity index (χ3n) is 4.73. The van der Waals surface area contributed by atoms with Gasteiger partial charge in [0.05, 0.1) is 12.3 Å². The molecule has 6 heteroatoms. The molecule has 0 amide bonds. The second kappa shape index (κ2) is 6.61. The van der Waals surface area contributed by atoms with Gasteiger partial charge < -0.3 is 18.4 Å². The molecule has 1 aliphatic heterocycles. The van der Waals surface area contributed by atoms with Crippen molar-refractivity contribution < 1.29 is 18.4 Å². The Morgan fingerprint density at radius 1 is 1.24 bits per heavy atom. The average Bonchev–Trinajstić information content (AvgIpc) is 3.29. The van der Waals surface area contributed by atoms with Crippen molar-refractivity contribution in [2.24, 2.45) is 0 Å².